The number of nitrogens with two attached hydrogens (primary N) is 1. The fourth-order valence-corrected chi connectivity index (χ4v) is 2.85. The molecule has 0 aromatic heterocycles. The number of likely N-dealkylation sites (N-methyl/N-ethyl adjacent to an activating group) is 1. The molecule has 5 nitrogen and oxygen atoms in total. The number of nitrogens with one attached hydrogen (secondary N) is 1. The lowest BCUT2D eigenvalue weighted by molar-refractivity contribution is -0.123. The van der Waals surface area contributed by atoms with Crippen molar-refractivity contribution in [3.05, 3.63) is 35.4 Å². The minimum Gasteiger partial charge on any atom is -0.351 e. The second-order valence-corrected chi connectivity index (χ2v) is 7.03. The summed E-state index contributed by atoms with van der Waals surface area (Å²) in [5, 5.41) is 2.94. The highest BCUT2D eigenvalue weighted by atomic mass is 16.2. The van der Waals surface area contributed by atoms with Gasteiger partial charge in [-0.05, 0) is 24.1 Å². The first kappa shape index (κ1) is 18.9. The second kappa shape index (κ2) is 9.16. The van der Waals surface area contributed by atoms with Crippen molar-refractivity contribution in [2.24, 2.45) is 11.7 Å². The summed E-state index contributed by atoms with van der Waals surface area (Å²) in [4.78, 5) is 16.9. The first-order valence-electron chi connectivity index (χ1n) is 9.01. The molecule has 0 spiro atoms. The predicted octanol–water partition coefficient (Wildman–Crippen LogP) is 1.42. The zero-order chi connectivity index (χ0) is 17.5. The number of piperazine rings is 1. The minimum atomic E-state index is -0.425. The Balaban J connectivity index is 1.78. The monoisotopic (exact) mass is 332 g/mol. The first-order valence-corrected chi connectivity index (χ1v) is 9.01. The molecular formula is C19H32N4O. The molecule has 1 saturated heterocycles. The molecule has 1 heterocycles. The Bertz CT molecular complexity index is 509. The van der Waals surface area contributed by atoms with Crippen LogP contribution in [-0.4, -0.2) is 55.0 Å². The Morgan fingerprint density at radius 1 is 1.17 bits per heavy atom. The summed E-state index contributed by atoms with van der Waals surface area (Å²) in [5.41, 5.74) is 8.39. The van der Waals surface area contributed by atoms with Gasteiger partial charge in [0.05, 0.1) is 6.04 Å². The van der Waals surface area contributed by atoms with Crippen molar-refractivity contribution >= 4 is 5.91 Å². The molecule has 0 bridgehead atoms. The smallest absolute Gasteiger partial charge is 0.237 e. The topological polar surface area (TPSA) is 61.6 Å². The summed E-state index contributed by atoms with van der Waals surface area (Å²) in [6, 6.07) is 8.09. The van der Waals surface area contributed by atoms with Gasteiger partial charge in [0.25, 0.3) is 0 Å². The molecule has 1 aromatic rings. The van der Waals surface area contributed by atoms with Crippen molar-refractivity contribution in [2.75, 3.05) is 33.2 Å². The van der Waals surface area contributed by atoms with E-state index in [4.69, 9.17) is 5.73 Å². The van der Waals surface area contributed by atoms with E-state index in [0.717, 1.165) is 44.7 Å². The SMILES string of the molecule is CCC(C)C(N)C(=O)NCc1ccc(CN2CCN(C)CC2)cc1. The normalized spacial score (nSPS) is 19.0. The van der Waals surface area contributed by atoms with Crippen LogP contribution in [0.4, 0.5) is 0 Å². The number of carbonyl (C=O) groups excluding carboxylic acids is 1. The lowest BCUT2D eigenvalue weighted by Gasteiger charge is -2.32. The molecule has 5 heteroatoms. The van der Waals surface area contributed by atoms with Gasteiger partial charge in [-0.25, -0.2) is 0 Å². The van der Waals surface area contributed by atoms with Crippen LogP contribution < -0.4 is 11.1 Å². The Morgan fingerprint density at radius 2 is 1.75 bits per heavy atom. The molecule has 3 N–H and O–H groups in total. The Morgan fingerprint density at radius 3 is 2.33 bits per heavy atom. The molecule has 0 aliphatic carbocycles. The first-order chi connectivity index (χ1) is 11.5. The van der Waals surface area contributed by atoms with Gasteiger partial charge < -0.3 is 16.0 Å². The van der Waals surface area contributed by atoms with Gasteiger partial charge in [-0.2, -0.15) is 0 Å². The number of carbonyl (C=O) groups is 1. The van der Waals surface area contributed by atoms with E-state index in [1.54, 1.807) is 0 Å². The van der Waals surface area contributed by atoms with Gasteiger partial charge in [0.1, 0.15) is 0 Å². The Labute approximate surface area is 146 Å². The van der Waals surface area contributed by atoms with Crippen molar-refractivity contribution < 1.29 is 4.79 Å². The quantitative estimate of drug-likeness (QED) is 0.793. The van der Waals surface area contributed by atoms with Crippen LogP contribution >= 0.6 is 0 Å². The fraction of sp³-hybridized carbons (Fsp3) is 0.632. The van der Waals surface area contributed by atoms with E-state index in [-0.39, 0.29) is 11.8 Å². The number of amides is 1. The molecule has 1 aliphatic rings. The second-order valence-electron chi connectivity index (χ2n) is 7.03. The maximum absolute atomic E-state index is 12.0. The maximum Gasteiger partial charge on any atom is 0.237 e. The van der Waals surface area contributed by atoms with Crippen LogP contribution in [0.3, 0.4) is 0 Å². The van der Waals surface area contributed by atoms with Crippen molar-refractivity contribution in [2.45, 2.75) is 39.4 Å². The summed E-state index contributed by atoms with van der Waals surface area (Å²) in [5.74, 6) is 0.141. The van der Waals surface area contributed by atoms with Gasteiger partial charge in [0.15, 0.2) is 0 Å². The maximum atomic E-state index is 12.0. The van der Waals surface area contributed by atoms with E-state index >= 15 is 0 Å². The largest absolute Gasteiger partial charge is 0.351 e. The van der Waals surface area contributed by atoms with Gasteiger partial charge in [-0.1, -0.05) is 44.5 Å². The van der Waals surface area contributed by atoms with E-state index in [9.17, 15) is 4.79 Å². The van der Waals surface area contributed by atoms with Crippen LogP contribution in [0.25, 0.3) is 0 Å². The fourth-order valence-electron chi connectivity index (χ4n) is 2.85. The molecule has 2 atom stereocenters. The highest BCUT2D eigenvalue weighted by Crippen LogP contribution is 2.10. The van der Waals surface area contributed by atoms with E-state index in [1.807, 2.05) is 6.92 Å². The highest BCUT2D eigenvalue weighted by Gasteiger charge is 2.19. The van der Waals surface area contributed by atoms with Crippen molar-refractivity contribution in [1.82, 2.24) is 15.1 Å². The van der Waals surface area contributed by atoms with Crippen LogP contribution in [0, 0.1) is 5.92 Å². The molecule has 1 amide bonds. The lowest BCUT2D eigenvalue weighted by atomic mass is 9.99. The third kappa shape index (κ3) is 5.58. The zero-order valence-electron chi connectivity index (χ0n) is 15.3. The predicted molar refractivity (Wildman–Crippen MR) is 98.5 cm³/mol. The van der Waals surface area contributed by atoms with Crippen LogP contribution in [-0.2, 0) is 17.9 Å². The average molecular weight is 332 g/mol. The Hall–Kier alpha value is -1.43. The molecule has 24 heavy (non-hydrogen) atoms. The van der Waals surface area contributed by atoms with Crippen molar-refractivity contribution in [1.29, 1.82) is 0 Å². The molecule has 0 radical (unpaired) electrons. The zero-order valence-corrected chi connectivity index (χ0v) is 15.3. The number of nitrogens with zero attached hydrogens (tertiary/aromatic N) is 2. The molecule has 2 unspecified atom stereocenters. The summed E-state index contributed by atoms with van der Waals surface area (Å²) in [6.45, 7) is 10.1. The van der Waals surface area contributed by atoms with Crippen molar-refractivity contribution in [3.63, 3.8) is 0 Å². The van der Waals surface area contributed by atoms with E-state index < -0.39 is 6.04 Å². The van der Waals surface area contributed by atoms with Crippen LogP contribution in [0.5, 0.6) is 0 Å². The van der Waals surface area contributed by atoms with Gasteiger partial charge in [0, 0.05) is 39.3 Å². The van der Waals surface area contributed by atoms with Crippen LogP contribution in [0.15, 0.2) is 24.3 Å². The Kier molecular flexibility index (Phi) is 7.21. The third-order valence-electron chi connectivity index (χ3n) is 5.05. The van der Waals surface area contributed by atoms with Gasteiger partial charge >= 0.3 is 0 Å². The van der Waals surface area contributed by atoms with Gasteiger partial charge in [0.2, 0.25) is 5.91 Å². The van der Waals surface area contributed by atoms with E-state index in [1.165, 1.54) is 5.56 Å². The molecule has 0 saturated carbocycles. The summed E-state index contributed by atoms with van der Waals surface area (Å²) < 4.78 is 0. The summed E-state index contributed by atoms with van der Waals surface area (Å²) in [7, 11) is 2.17. The molecule has 2 rings (SSSR count). The third-order valence-corrected chi connectivity index (χ3v) is 5.05. The number of benzene rings is 1. The lowest BCUT2D eigenvalue weighted by Crippen LogP contribution is -2.44. The van der Waals surface area contributed by atoms with E-state index in [2.05, 4.69) is 53.4 Å². The van der Waals surface area contributed by atoms with Crippen LogP contribution in [0.2, 0.25) is 0 Å². The summed E-state index contributed by atoms with van der Waals surface area (Å²) in [6.07, 6.45) is 0.912. The van der Waals surface area contributed by atoms with Gasteiger partial charge in [-0.3, -0.25) is 9.69 Å². The molecule has 1 fully saturated rings. The number of rotatable bonds is 7. The standard InChI is InChI=1S/C19H32N4O/c1-4-15(2)18(20)19(24)21-13-16-5-7-17(8-6-16)14-23-11-9-22(3)10-12-23/h5-8,15,18H,4,9-14,20H2,1-3H3,(H,21,24). The number of hydrogen-bond donors (Lipinski definition) is 2. The molecule has 1 aromatic carbocycles. The minimum absolute atomic E-state index is 0.0640. The van der Waals surface area contributed by atoms with Crippen LogP contribution in [0.1, 0.15) is 31.4 Å². The number of hydrogen-bond acceptors (Lipinski definition) is 4. The summed E-state index contributed by atoms with van der Waals surface area (Å²) >= 11 is 0. The molecule has 134 valence electrons. The highest BCUT2D eigenvalue weighted by molar-refractivity contribution is 5.81. The van der Waals surface area contributed by atoms with Gasteiger partial charge in [-0.15, -0.1) is 0 Å². The van der Waals surface area contributed by atoms with E-state index in [0.29, 0.717) is 6.54 Å². The van der Waals surface area contributed by atoms with Crippen molar-refractivity contribution in [3.8, 4) is 0 Å². The average Bonchev–Trinajstić information content (AvgIpc) is 2.61. The molecule has 1 aliphatic heterocycles. The molecular weight excluding hydrogens is 300 g/mol.